The van der Waals surface area contributed by atoms with E-state index in [1.165, 1.54) is 25.7 Å². The number of ether oxygens (including phenoxy) is 2. The van der Waals surface area contributed by atoms with Crippen molar-refractivity contribution in [2.75, 3.05) is 11.9 Å². The molecule has 0 aromatic rings. The zero-order chi connectivity index (χ0) is 15.2. The van der Waals surface area contributed by atoms with Gasteiger partial charge in [0.05, 0.1) is 13.0 Å². The first-order chi connectivity index (χ1) is 9.63. The Labute approximate surface area is 130 Å². The predicted octanol–water partition coefficient (Wildman–Crippen LogP) is 4.00. The van der Waals surface area contributed by atoms with Gasteiger partial charge in [0, 0.05) is 11.8 Å². The lowest BCUT2D eigenvalue weighted by Gasteiger charge is -2.14. The summed E-state index contributed by atoms with van der Waals surface area (Å²) >= 11 is 3.23. The van der Waals surface area contributed by atoms with Crippen LogP contribution in [0.5, 0.6) is 0 Å². The first kappa shape index (κ1) is 19.4. The van der Waals surface area contributed by atoms with Gasteiger partial charge in [-0.25, -0.2) is 0 Å². The summed E-state index contributed by atoms with van der Waals surface area (Å²) in [5, 5.41) is 0.449. The highest BCUT2D eigenvalue weighted by atomic mass is 79.9. The summed E-state index contributed by atoms with van der Waals surface area (Å²) in [5.74, 6) is -0.593. The number of carbonyl (C=O) groups is 2. The molecule has 1 atom stereocenters. The van der Waals surface area contributed by atoms with Gasteiger partial charge in [0.25, 0.3) is 0 Å². The molecule has 4 nitrogen and oxygen atoms in total. The van der Waals surface area contributed by atoms with Crippen molar-refractivity contribution in [1.29, 1.82) is 0 Å². The molecule has 0 amide bonds. The van der Waals surface area contributed by atoms with Gasteiger partial charge in [-0.3, -0.25) is 9.59 Å². The van der Waals surface area contributed by atoms with E-state index in [9.17, 15) is 9.59 Å². The third kappa shape index (κ3) is 11.3. The SMILES string of the molecule is CCCCCCCCOC(=O)CC(CBr)OC(=O)CC. The van der Waals surface area contributed by atoms with Crippen LogP contribution in [0.4, 0.5) is 0 Å². The van der Waals surface area contributed by atoms with Crippen LogP contribution in [-0.2, 0) is 19.1 Å². The molecule has 0 aliphatic rings. The number of halogens is 1. The molecule has 0 rings (SSSR count). The Balaban J connectivity index is 3.62. The van der Waals surface area contributed by atoms with Crippen LogP contribution in [0.2, 0.25) is 0 Å². The van der Waals surface area contributed by atoms with Crippen molar-refractivity contribution in [1.82, 2.24) is 0 Å². The van der Waals surface area contributed by atoms with Gasteiger partial charge < -0.3 is 9.47 Å². The van der Waals surface area contributed by atoms with Crippen LogP contribution in [0.25, 0.3) is 0 Å². The maximum Gasteiger partial charge on any atom is 0.309 e. The third-order valence-electron chi connectivity index (χ3n) is 2.91. The highest BCUT2D eigenvalue weighted by molar-refractivity contribution is 9.09. The van der Waals surface area contributed by atoms with E-state index in [0.29, 0.717) is 18.4 Å². The summed E-state index contributed by atoms with van der Waals surface area (Å²) in [6.07, 6.45) is 6.97. The molecule has 0 aromatic carbocycles. The zero-order valence-electron chi connectivity index (χ0n) is 12.7. The molecular weight excluding hydrogens is 324 g/mol. The standard InChI is InChI=1S/C15H27BrO4/c1-3-5-6-7-8-9-10-19-15(18)11-13(12-16)20-14(17)4-2/h13H,3-12H2,1-2H3. The second-order valence-electron chi connectivity index (χ2n) is 4.81. The fraction of sp³-hybridized carbons (Fsp3) is 0.867. The summed E-state index contributed by atoms with van der Waals surface area (Å²) in [6.45, 7) is 4.37. The average Bonchev–Trinajstić information content (AvgIpc) is 2.45. The summed E-state index contributed by atoms with van der Waals surface area (Å²) < 4.78 is 10.2. The van der Waals surface area contributed by atoms with Crippen molar-refractivity contribution in [3.63, 3.8) is 0 Å². The molecule has 20 heavy (non-hydrogen) atoms. The van der Waals surface area contributed by atoms with Crippen molar-refractivity contribution in [2.45, 2.75) is 71.3 Å². The van der Waals surface area contributed by atoms with E-state index in [-0.39, 0.29) is 18.4 Å². The second-order valence-corrected chi connectivity index (χ2v) is 5.46. The minimum absolute atomic E-state index is 0.118. The van der Waals surface area contributed by atoms with Gasteiger partial charge in [0.2, 0.25) is 0 Å². The number of esters is 2. The normalized spacial score (nSPS) is 11.9. The van der Waals surface area contributed by atoms with Crippen LogP contribution in [-0.4, -0.2) is 30.0 Å². The van der Waals surface area contributed by atoms with E-state index < -0.39 is 6.10 Å². The highest BCUT2D eigenvalue weighted by Gasteiger charge is 2.17. The number of alkyl halides is 1. The van der Waals surface area contributed by atoms with Gasteiger partial charge in [0.1, 0.15) is 6.10 Å². The fourth-order valence-corrected chi connectivity index (χ4v) is 2.07. The van der Waals surface area contributed by atoms with E-state index in [1.807, 2.05) is 0 Å². The first-order valence-electron chi connectivity index (χ1n) is 7.55. The lowest BCUT2D eigenvalue weighted by atomic mass is 10.1. The summed E-state index contributed by atoms with van der Waals surface area (Å²) in [4.78, 5) is 22.7. The monoisotopic (exact) mass is 350 g/mol. The Hall–Kier alpha value is -0.580. The summed E-state index contributed by atoms with van der Waals surface area (Å²) in [6, 6.07) is 0. The molecule has 0 aliphatic heterocycles. The number of rotatable bonds is 12. The molecule has 5 heteroatoms. The molecule has 0 fully saturated rings. The van der Waals surface area contributed by atoms with Gasteiger partial charge in [-0.2, -0.15) is 0 Å². The lowest BCUT2D eigenvalue weighted by molar-refractivity contribution is -0.153. The lowest BCUT2D eigenvalue weighted by Crippen LogP contribution is -2.24. The number of unbranched alkanes of at least 4 members (excludes halogenated alkanes) is 5. The van der Waals surface area contributed by atoms with E-state index >= 15 is 0 Å². The van der Waals surface area contributed by atoms with Gasteiger partial charge >= 0.3 is 11.9 Å². The van der Waals surface area contributed by atoms with Crippen LogP contribution < -0.4 is 0 Å². The Morgan fingerprint density at radius 3 is 2.25 bits per heavy atom. The summed E-state index contributed by atoms with van der Waals surface area (Å²) in [5.41, 5.74) is 0. The Morgan fingerprint density at radius 1 is 1.00 bits per heavy atom. The van der Waals surface area contributed by atoms with Gasteiger partial charge in [-0.1, -0.05) is 61.9 Å². The van der Waals surface area contributed by atoms with Crippen LogP contribution >= 0.6 is 15.9 Å². The molecule has 0 heterocycles. The van der Waals surface area contributed by atoms with Crippen molar-refractivity contribution < 1.29 is 19.1 Å². The van der Waals surface area contributed by atoms with E-state index in [1.54, 1.807) is 6.92 Å². The van der Waals surface area contributed by atoms with Crippen LogP contribution in [0.3, 0.4) is 0 Å². The van der Waals surface area contributed by atoms with E-state index in [4.69, 9.17) is 9.47 Å². The maximum atomic E-state index is 11.6. The van der Waals surface area contributed by atoms with Gasteiger partial charge in [-0.05, 0) is 6.42 Å². The van der Waals surface area contributed by atoms with Crippen molar-refractivity contribution in [3.05, 3.63) is 0 Å². The molecule has 1 unspecified atom stereocenters. The van der Waals surface area contributed by atoms with Crippen LogP contribution in [0.1, 0.15) is 65.2 Å². The number of carbonyl (C=O) groups excluding carboxylic acids is 2. The molecular formula is C15H27BrO4. The fourth-order valence-electron chi connectivity index (χ4n) is 1.71. The maximum absolute atomic E-state index is 11.6. The van der Waals surface area contributed by atoms with Crippen molar-refractivity contribution >= 4 is 27.9 Å². The number of hydrogen-bond donors (Lipinski definition) is 0. The largest absolute Gasteiger partial charge is 0.466 e. The Bertz CT molecular complexity index is 269. The first-order valence-corrected chi connectivity index (χ1v) is 8.67. The summed E-state index contributed by atoms with van der Waals surface area (Å²) in [7, 11) is 0. The topological polar surface area (TPSA) is 52.6 Å². The van der Waals surface area contributed by atoms with E-state index in [2.05, 4.69) is 22.9 Å². The molecule has 118 valence electrons. The van der Waals surface area contributed by atoms with E-state index in [0.717, 1.165) is 12.8 Å². The molecule has 0 saturated carbocycles. The smallest absolute Gasteiger partial charge is 0.309 e. The molecule has 0 N–H and O–H groups in total. The highest BCUT2D eigenvalue weighted by Crippen LogP contribution is 2.08. The molecule has 0 radical (unpaired) electrons. The quantitative estimate of drug-likeness (QED) is 0.303. The van der Waals surface area contributed by atoms with Crippen LogP contribution in [0, 0.1) is 0 Å². The van der Waals surface area contributed by atoms with Crippen LogP contribution in [0.15, 0.2) is 0 Å². The predicted molar refractivity (Wildman–Crippen MR) is 82.9 cm³/mol. The third-order valence-corrected chi connectivity index (χ3v) is 3.64. The molecule has 0 saturated heterocycles. The Morgan fingerprint density at radius 2 is 1.65 bits per heavy atom. The number of hydrogen-bond acceptors (Lipinski definition) is 4. The minimum atomic E-state index is -0.431. The average molecular weight is 351 g/mol. The van der Waals surface area contributed by atoms with Gasteiger partial charge in [-0.15, -0.1) is 0 Å². The van der Waals surface area contributed by atoms with Crippen molar-refractivity contribution in [2.24, 2.45) is 0 Å². The molecule has 0 aromatic heterocycles. The second kappa shape index (κ2) is 13.4. The zero-order valence-corrected chi connectivity index (χ0v) is 14.2. The molecule has 0 bridgehead atoms. The molecule has 0 aliphatic carbocycles. The Kier molecular flexibility index (Phi) is 13.0. The van der Waals surface area contributed by atoms with Gasteiger partial charge in [0.15, 0.2) is 0 Å². The molecule has 0 spiro atoms. The van der Waals surface area contributed by atoms with Crippen molar-refractivity contribution in [3.8, 4) is 0 Å². The minimum Gasteiger partial charge on any atom is -0.466 e.